The maximum absolute atomic E-state index is 12.6. The zero-order valence-corrected chi connectivity index (χ0v) is 18.0. The smallest absolute Gasteiger partial charge is 0.260 e. The molecular formula is C24H30N2O5. The van der Waals surface area contributed by atoms with Crippen molar-refractivity contribution in [1.82, 2.24) is 10.2 Å². The number of hydrogen-bond donors (Lipinski definition) is 1. The first-order valence-corrected chi connectivity index (χ1v) is 10.7. The summed E-state index contributed by atoms with van der Waals surface area (Å²) in [5.41, 5.74) is 0.399. The summed E-state index contributed by atoms with van der Waals surface area (Å²) in [7, 11) is 1.61. The van der Waals surface area contributed by atoms with E-state index < -0.39 is 0 Å². The lowest BCUT2D eigenvalue weighted by molar-refractivity contribution is -0.133. The Labute approximate surface area is 183 Å². The van der Waals surface area contributed by atoms with Gasteiger partial charge in [-0.05, 0) is 49.2 Å². The molecule has 1 saturated heterocycles. The van der Waals surface area contributed by atoms with Crippen molar-refractivity contribution in [3.63, 3.8) is 0 Å². The van der Waals surface area contributed by atoms with Gasteiger partial charge in [-0.25, -0.2) is 0 Å². The van der Waals surface area contributed by atoms with Crippen LogP contribution in [0, 0.1) is 0 Å². The molecule has 1 heterocycles. The fourth-order valence-electron chi connectivity index (χ4n) is 3.43. The molecule has 31 heavy (non-hydrogen) atoms. The van der Waals surface area contributed by atoms with Gasteiger partial charge in [0.2, 0.25) is 0 Å². The number of carbonyl (C=O) groups is 2. The summed E-state index contributed by atoms with van der Waals surface area (Å²) in [5.74, 6) is 1.55. The third-order valence-electron chi connectivity index (χ3n) is 5.16. The molecule has 1 aliphatic rings. The molecule has 3 rings (SSSR count). The number of benzene rings is 2. The summed E-state index contributed by atoms with van der Waals surface area (Å²) in [4.78, 5) is 26.9. The fourth-order valence-corrected chi connectivity index (χ4v) is 3.43. The van der Waals surface area contributed by atoms with Crippen LogP contribution in [0.3, 0.4) is 0 Å². The van der Waals surface area contributed by atoms with Crippen molar-refractivity contribution in [2.75, 3.05) is 40.0 Å². The number of amides is 2. The largest absolute Gasteiger partial charge is 0.497 e. The van der Waals surface area contributed by atoms with Crippen LogP contribution in [0.25, 0.3) is 0 Å². The maximum Gasteiger partial charge on any atom is 0.260 e. The van der Waals surface area contributed by atoms with Crippen molar-refractivity contribution in [1.29, 1.82) is 0 Å². The summed E-state index contributed by atoms with van der Waals surface area (Å²) in [6.45, 7) is 2.16. The van der Waals surface area contributed by atoms with E-state index in [9.17, 15) is 9.59 Å². The van der Waals surface area contributed by atoms with Crippen LogP contribution in [0.2, 0.25) is 0 Å². The van der Waals surface area contributed by atoms with Gasteiger partial charge in [-0.2, -0.15) is 0 Å². The van der Waals surface area contributed by atoms with Crippen LogP contribution in [0.15, 0.2) is 48.5 Å². The molecule has 0 radical (unpaired) electrons. The third kappa shape index (κ3) is 6.91. The number of methoxy groups -OCH3 is 1. The molecular weight excluding hydrogens is 396 g/mol. The van der Waals surface area contributed by atoms with Crippen molar-refractivity contribution in [3.8, 4) is 17.2 Å². The number of ether oxygens (including phenoxy) is 3. The van der Waals surface area contributed by atoms with Gasteiger partial charge in [0.05, 0.1) is 19.2 Å². The second-order valence-electron chi connectivity index (χ2n) is 7.36. The van der Waals surface area contributed by atoms with Crippen molar-refractivity contribution < 1.29 is 23.8 Å². The highest BCUT2D eigenvalue weighted by Crippen LogP contribution is 2.19. The molecule has 0 unspecified atom stereocenters. The van der Waals surface area contributed by atoms with Gasteiger partial charge in [0.25, 0.3) is 11.8 Å². The second kappa shape index (κ2) is 11.8. The van der Waals surface area contributed by atoms with Crippen LogP contribution in [0.1, 0.15) is 36.0 Å². The van der Waals surface area contributed by atoms with Crippen molar-refractivity contribution in [2.24, 2.45) is 0 Å². The van der Waals surface area contributed by atoms with Gasteiger partial charge in [-0.3, -0.25) is 9.59 Å². The first-order valence-electron chi connectivity index (χ1n) is 10.7. The Morgan fingerprint density at radius 1 is 0.903 bits per heavy atom. The number of hydrogen-bond acceptors (Lipinski definition) is 5. The molecule has 166 valence electrons. The lowest BCUT2D eigenvalue weighted by atomic mass is 10.2. The average Bonchev–Trinajstić information content (AvgIpc) is 3.10. The SMILES string of the molecule is COc1ccc(OCCNC(=O)c2ccccc2OCC(=O)N2CCCCCC2)cc1. The topological polar surface area (TPSA) is 77.1 Å². The first-order chi connectivity index (χ1) is 15.2. The molecule has 1 aliphatic heterocycles. The minimum atomic E-state index is -0.267. The van der Waals surface area contributed by atoms with Gasteiger partial charge in [0.1, 0.15) is 23.9 Å². The summed E-state index contributed by atoms with van der Waals surface area (Å²) in [6.07, 6.45) is 4.39. The molecule has 0 aliphatic carbocycles. The number of nitrogens with one attached hydrogen (secondary N) is 1. The van der Waals surface area contributed by atoms with E-state index in [4.69, 9.17) is 14.2 Å². The van der Waals surface area contributed by atoms with Crippen LogP contribution in [0.4, 0.5) is 0 Å². The molecule has 1 fully saturated rings. The second-order valence-corrected chi connectivity index (χ2v) is 7.36. The normalized spacial score (nSPS) is 13.8. The number of likely N-dealkylation sites (tertiary alicyclic amines) is 1. The highest BCUT2D eigenvalue weighted by atomic mass is 16.5. The molecule has 2 aromatic rings. The Morgan fingerprint density at radius 3 is 2.29 bits per heavy atom. The van der Waals surface area contributed by atoms with E-state index in [-0.39, 0.29) is 18.4 Å². The van der Waals surface area contributed by atoms with E-state index >= 15 is 0 Å². The summed E-state index contributed by atoms with van der Waals surface area (Å²) in [5, 5.41) is 2.83. The molecule has 0 spiro atoms. The Balaban J connectivity index is 1.46. The number of carbonyl (C=O) groups excluding carboxylic acids is 2. The van der Waals surface area contributed by atoms with Crippen molar-refractivity contribution in [3.05, 3.63) is 54.1 Å². The lowest BCUT2D eigenvalue weighted by Gasteiger charge is -2.20. The zero-order valence-electron chi connectivity index (χ0n) is 18.0. The minimum absolute atomic E-state index is 0.0370. The van der Waals surface area contributed by atoms with Crippen LogP contribution in [-0.2, 0) is 4.79 Å². The lowest BCUT2D eigenvalue weighted by Crippen LogP contribution is -2.36. The molecule has 1 N–H and O–H groups in total. The van der Waals surface area contributed by atoms with Crippen molar-refractivity contribution >= 4 is 11.8 Å². The highest BCUT2D eigenvalue weighted by molar-refractivity contribution is 5.97. The van der Waals surface area contributed by atoms with Crippen molar-refractivity contribution in [2.45, 2.75) is 25.7 Å². The molecule has 0 atom stereocenters. The standard InChI is InChI=1S/C24H30N2O5/c1-29-19-10-12-20(13-11-19)30-17-14-25-24(28)21-8-4-5-9-22(21)31-18-23(27)26-15-6-2-3-7-16-26/h4-5,8-13H,2-3,6-7,14-18H2,1H3,(H,25,28). The van der Waals surface area contributed by atoms with Gasteiger partial charge < -0.3 is 24.4 Å². The molecule has 7 nitrogen and oxygen atoms in total. The highest BCUT2D eigenvalue weighted by Gasteiger charge is 2.18. The van der Waals surface area contributed by atoms with Crippen LogP contribution in [-0.4, -0.2) is 56.7 Å². The molecule has 2 aromatic carbocycles. The van der Waals surface area contributed by atoms with E-state index in [0.717, 1.165) is 44.5 Å². The number of para-hydroxylation sites is 1. The van der Waals surface area contributed by atoms with Gasteiger partial charge >= 0.3 is 0 Å². The van der Waals surface area contributed by atoms with Gasteiger partial charge in [0, 0.05) is 13.1 Å². The Hall–Kier alpha value is -3.22. The van der Waals surface area contributed by atoms with Crippen LogP contribution >= 0.6 is 0 Å². The predicted octanol–water partition coefficient (Wildman–Crippen LogP) is 3.29. The van der Waals surface area contributed by atoms with Gasteiger partial charge in [-0.15, -0.1) is 0 Å². The van der Waals surface area contributed by atoms with Crippen LogP contribution < -0.4 is 19.5 Å². The minimum Gasteiger partial charge on any atom is -0.497 e. The monoisotopic (exact) mass is 426 g/mol. The molecule has 0 bridgehead atoms. The summed E-state index contributed by atoms with van der Waals surface area (Å²) < 4.78 is 16.5. The molecule has 2 amide bonds. The van der Waals surface area contributed by atoms with Gasteiger partial charge in [-0.1, -0.05) is 25.0 Å². The first kappa shape index (κ1) is 22.5. The third-order valence-corrected chi connectivity index (χ3v) is 5.16. The Morgan fingerprint density at radius 2 is 1.58 bits per heavy atom. The molecule has 7 heteroatoms. The van der Waals surface area contributed by atoms with Gasteiger partial charge in [0.15, 0.2) is 6.61 Å². The maximum atomic E-state index is 12.6. The summed E-state index contributed by atoms with van der Waals surface area (Å²) in [6, 6.07) is 14.2. The van der Waals surface area contributed by atoms with E-state index in [1.807, 2.05) is 29.2 Å². The van der Waals surface area contributed by atoms with Crippen LogP contribution in [0.5, 0.6) is 17.2 Å². The predicted molar refractivity (Wildman–Crippen MR) is 118 cm³/mol. The number of nitrogens with zero attached hydrogens (tertiary/aromatic N) is 1. The quantitative estimate of drug-likeness (QED) is 0.623. The van der Waals surface area contributed by atoms with E-state index in [1.54, 1.807) is 31.4 Å². The van der Waals surface area contributed by atoms with E-state index in [1.165, 1.54) is 0 Å². The Kier molecular flexibility index (Phi) is 8.58. The molecule has 0 aromatic heterocycles. The Bertz CT molecular complexity index is 845. The zero-order chi connectivity index (χ0) is 21.9. The fraction of sp³-hybridized carbons (Fsp3) is 0.417. The van der Waals surface area contributed by atoms with E-state index in [2.05, 4.69) is 5.32 Å². The molecule has 0 saturated carbocycles. The average molecular weight is 427 g/mol. The summed E-state index contributed by atoms with van der Waals surface area (Å²) >= 11 is 0. The number of rotatable bonds is 9. The van der Waals surface area contributed by atoms with E-state index in [0.29, 0.717) is 30.2 Å².